The predicted molar refractivity (Wildman–Crippen MR) is 108 cm³/mol. The summed E-state index contributed by atoms with van der Waals surface area (Å²) < 4.78 is 39.2. The number of thiophene rings is 1. The zero-order valence-electron chi connectivity index (χ0n) is 14.2. The number of rotatable bonds is 6. The smallest absolute Gasteiger partial charge is 0.332 e. The van der Waals surface area contributed by atoms with E-state index in [0.717, 1.165) is 28.3 Å². The van der Waals surface area contributed by atoms with Crippen LogP contribution in [-0.4, -0.2) is 17.0 Å². The number of amides is 1. The van der Waals surface area contributed by atoms with Crippen LogP contribution >= 0.6 is 31.0 Å². The highest BCUT2D eigenvalue weighted by Crippen LogP contribution is 2.36. The summed E-state index contributed by atoms with van der Waals surface area (Å²) in [5, 5.41) is 5.44. The SMILES string of the molecule is O=C(N/C=C/c1cc(F)ccc1F)C(C[P+](=O)O)c1csc2ccc(Cl)cc12. The molecule has 0 aliphatic carbocycles. The monoisotopic (exact) mass is 440 g/mol. The zero-order chi connectivity index (χ0) is 20.3. The van der Waals surface area contributed by atoms with Gasteiger partial charge in [0.25, 0.3) is 0 Å². The third-order valence-electron chi connectivity index (χ3n) is 4.04. The maximum Gasteiger partial charge on any atom is 0.506 e. The van der Waals surface area contributed by atoms with Crippen molar-refractivity contribution in [2.24, 2.45) is 0 Å². The van der Waals surface area contributed by atoms with Crippen LogP contribution in [0, 0.1) is 11.6 Å². The molecule has 1 aromatic heterocycles. The number of fused-ring (bicyclic) bond motifs is 1. The average Bonchev–Trinajstić information content (AvgIpc) is 3.05. The summed E-state index contributed by atoms with van der Waals surface area (Å²) >= 11 is 7.43. The van der Waals surface area contributed by atoms with Crippen LogP contribution in [0.5, 0.6) is 0 Å². The predicted octanol–water partition coefficient (Wildman–Crippen LogP) is 5.44. The molecular weight excluding hydrogens is 427 g/mol. The van der Waals surface area contributed by atoms with Gasteiger partial charge in [-0.2, -0.15) is 4.89 Å². The molecule has 0 saturated carbocycles. The first-order chi connectivity index (χ1) is 13.3. The second-order valence-corrected chi connectivity index (χ2v) is 8.34. The van der Waals surface area contributed by atoms with E-state index in [2.05, 4.69) is 5.32 Å². The Morgan fingerprint density at radius 1 is 1.29 bits per heavy atom. The molecule has 4 nitrogen and oxygen atoms in total. The highest BCUT2D eigenvalue weighted by Gasteiger charge is 2.31. The molecular formula is C19H14ClF2NO3PS+. The minimum absolute atomic E-state index is 0.0298. The highest BCUT2D eigenvalue weighted by atomic mass is 35.5. The van der Waals surface area contributed by atoms with E-state index in [-0.39, 0.29) is 11.7 Å². The van der Waals surface area contributed by atoms with Crippen molar-refractivity contribution in [1.29, 1.82) is 0 Å². The molecule has 0 saturated heterocycles. The quantitative estimate of drug-likeness (QED) is 0.502. The summed E-state index contributed by atoms with van der Waals surface area (Å²) in [6.45, 7) is 0. The van der Waals surface area contributed by atoms with Crippen LogP contribution in [0.15, 0.2) is 48.0 Å². The van der Waals surface area contributed by atoms with E-state index in [4.69, 9.17) is 11.6 Å². The summed E-state index contributed by atoms with van der Waals surface area (Å²) in [6, 6.07) is 8.21. The number of carbonyl (C=O) groups is 1. The van der Waals surface area contributed by atoms with Gasteiger partial charge in [0.2, 0.25) is 5.91 Å². The van der Waals surface area contributed by atoms with Gasteiger partial charge in [0.1, 0.15) is 17.6 Å². The van der Waals surface area contributed by atoms with Gasteiger partial charge in [0, 0.05) is 21.5 Å². The molecule has 2 N–H and O–H groups in total. The van der Waals surface area contributed by atoms with Crippen molar-refractivity contribution in [2.75, 3.05) is 6.16 Å². The van der Waals surface area contributed by atoms with Crippen LogP contribution in [0.4, 0.5) is 8.78 Å². The molecule has 3 rings (SSSR count). The van der Waals surface area contributed by atoms with Crippen LogP contribution < -0.4 is 5.32 Å². The van der Waals surface area contributed by atoms with Gasteiger partial charge in [-0.1, -0.05) is 11.6 Å². The van der Waals surface area contributed by atoms with Crippen molar-refractivity contribution in [2.45, 2.75) is 5.92 Å². The zero-order valence-corrected chi connectivity index (χ0v) is 16.7. The fourth-order valence-corrected chi connectivity index (χ4v) is 4.57. The van der Waals surface area contributed by atoms with Crippen molar-refractivity contribution in [1.82, 2.24) is 5.32 Å². The molecule has 2 atom stereocenters. The number of benzene rings is 2. The van der Waals surface area contributed by atoms with E-state index >= 15 is 0 Å². The van der Waals surface area contributed by atoms with E-state index < -0.39 is 31.5 Å². The molecule has 1 amide bonds. The molecule has 2 aromatic carbocycles. The third kappa shape index (κ3) is 4.80. The molecule has 3 aromatic rings. The Morgan fingerprint density at radius 2 is 2.07 bits per heavy atom. The Balaban J connectivity index is 1.86. The van der Waals surface area contributed by atoms with Gasteiger partial charge in [-0.15, -0.1) is 11.3 Å². The van der Waals surface area contributed by atoms with E-state index in [1.165, 1.54) is 23.6 Å². The molecule has 9 heteroatoms. The Morgan fingerprint density at radius 3 is 2.82 bits per heavy atom. The standard InChI is InChI=1S/C19H13ClF2NO3PS/c20-12-1-4-18-14(8-12)16(10-28-18)15(9-27(25)26)19(24)23-6-5-11-7-13(21)2-3-17(11)22/h1-8,10,15H,9H2,(H-,23,24,25,26)/p+1/b6-5+. The van der Waals surface area contributed by atoms with E-state index in [9.17, 15) is 23.0 Å². The van der Waals surface area contributed by atoms with Crippen molar-refractivity contribution < 1.29 is 23.0 Å². The molecule has 0 aliphatic heterocycles. The fraction of sp³-hybridized carbons (Fsp3) is 0.105. The summed E-state index contributed by atoms with van der Waals surface area (Å²) in [4.78, 5) is 22.0. The fourth-order valence-electron chi connectivity index (χ4n) is 2.73. The van der Waals surface area contributed by atoms with Gasteiger partial charge < -0.3 is 5.32 Å². The van der Waals surface area contributed by atoms with Crippen molar-refractivity contribution in [3.05, 3.63) is 75.8 Å². The summed E-state index contributed by atoms with van der Waals surface area (Å²) in [7, 11) is -2.58. The van der Waals surface area contributed by atoms with Gasteiger partial charge in [0.15, 0.2) is 6.16 Å². The highest BCUT2D eigenvalue weighted by molar-refractivity contribution is 7.38. The van der Waals surface area contributed by atoms with Crippen LogP contribution in [0.2, 0.25) is 5.02 Å². The number of carbonyl (C=O) groups excluding carboxylic acids is 1. The second-order valence-electron chi connectivity index (χ2n) is 5.93. The Labute approximate surface area is 169 Å². The number of hydrogen-bond acceptors (Lipinski definition) is 3. The molecule has 0 radical (unpaired) electrons. The molecule has 2 unspecified atom stereocenters. The van der Waals surface area contributed by atoms with Crippen LogP contribution in [-0.2, 0) is 9.36 Å². The summed E-state index contributed by atoms with van der Waals surface area (Å²) in [6.07, 6.45) is 2.12. The number of halogens is 3. The lowest BCUT2D eigenvalue weighted by Gasteiger charge is -2.10. The second kappa shape index (κ2) is 8.88. The Hall–Kier alpha value is -2.18. The van der Waals surface area contributed by atoms with E-state index in [0.29, 0.717) is 10.6 Å². The van der Waals surface area contributed by atoms with E-state index in [1.54, 1.807) is 17.5 Å². The first kappa shape index (κ1) is 20.6. The molecule has 0 aliphatic rings. The van der Waals surface area contributed by atoms with Gasteiger partial charge in [-0.25, -0.2) is 8.78 Å². The topological polar surface area (TPSA) is 66.4 Å². The average molecular weight is 441 g/mol. The minimum Gasteiger partial charge on any atom is -0.332 e. The van der Waals surface area contributed by atoms with Crippen molar-refractivity contribution in [3.63, 3.8) is 0 Å². The van der Waals surface area contributed by atoms with Gasteiger partial charge in [-0.05, 0) is 63.4 Å². The van der Waals surface area contributed by atoms with Crippen LogP contribution in [0.25, 0.3) is 16.2 Å². The number of nitrogens with one attached hydrogen (secondary N) is 1. The van der Waals surface area contributed by atoms with E-state index in [1.807, 2.05) is 6.07 Å². The first-order valence-corrected chi connectivity index (χ1v) is 10.7. The van der Waals surface area contributed by atoms with Crippen LogP contribution in [0.1, 0.15) is 17.0 Å². The lowest BCUT2D eigenvalue weighted by molar-refractivity contribution is -0.121. The number of hydrogen-bond donors (Lipinski definition) is 2. The molecule has 0 spiro atoms. The van der Waals surface area contributed by atoms with Gasteiger partial charge in [-0.3, -0.25) is 4.79 Å². The lowest BCUT2D eigenvalue weighted by atomic mass is 9.99. The maximum absolute atomic E-state index is 13.6. The van der Waals surface area contributed by atoms with Gasteiger partial charge >= 0.3 is 8.03 Å². The third-order valence-corrected chi connectivity index (χ3v) is 5.94. The Bertz CT molecular complexity index is 1090. The van der Waals surface area contributed by atoms with Gasteiger partial charge in [0.05, 0.1) is 0 Å². The molecule has 144 valence electrons. The van der Waals surface area contributed by atoms with Crippen molar-refractivity contribution >= 4 is 53.0 Å². The maximum atomic E-state index is 13.6. The molecule has 1 heterocycles. The lowest BCUT2D eigenvalue weighted by Crippen LogP contribution is -2.26. The summed E-state index contributed by atoms with van der Waals surface area (Å²) in [5.41, 5.74) is 0.556. The van der Waals surface area contributed by atoms with Crippen molar-refractivity contribution in [3.8, 4) is 0 Å². The summed E-state index contributed by atoms with van der Waals surface area (Å²) in [5.74, 6) is -2.68. The molecule has 0 bridgehead atoms. The largest absolute Gasteiger partial charge is 0.506 e. The molecule has 28 heavy (non-hydrogen) atoms. The first-order valence-electron chi connectivity index (χ1n) is 8.07. The normalized spacial score (nSPS) is 13.1. The Kier molecular flexibility index (Phi) is 6.52. The molecule has 0 fully saturated rings. The van der Waals surface area contributed by atoms with Crippen LogP contribution in [0.3, 0.4) is 0 Å². The minimum atomic E-state index is -2.58.